The molecule has 3 aromatic rings. The maximum atomic E-state index is 11.6. The van der Waals surface area contributed by atoms with Crippen molar-refractivity contribution in [2.24, 2.45) is 0 Å². The molecule has 0 unspecified atom stereocenters. The molecule has 0 bridgehead atoms. The third kappa shape index (κ3) is 2.08. The molecule has 2 aromatic heterocycles. The van der Waals surface area contributed by atoms with Crippen molar-refractivity contribution >= 4 is 27.0 Å². The van der Waals surface area contributed by atoms with Gasteiger partial charge in [0.2, 0.25) is 5.88 Å². The number of hydrogen-bond donors (Lipinski definition) is 2. The lowest BCUT2D eigenvalue weighted by Crippen LogP contribution is -2.09. The Morgan fingerprint density at radius 3 is 2.63 bits per heavy atom. The molecule has 6 nitrogen and oxygen atoms in total. The topological polar surface area (TPSA) is 91.8 Å². The number of nitrogens with zero attached hydrogens (tertiary/aromatic N) is 3. The average molecular weight is 319 g/mol. The van der Waals surface area contributed by atoms with Gasteiger partial charge in [0, 0.05) is 18.0 Å². The lowest BCUT2D eigenvalue weighted by Gasteiger charge is -2.03. The van der Waals surface area contributed by atoms with E-state index in [0.717, 1.165) is 5.52 Å². The predicted octanol–water partition coefficient (Wildman–Crippen LogP) is 1.85. The number of H-pyrrole nitrogens is 1. The average Bonchev–Trinajstić information content (AvgIpc) is 2.43. The fourth-order valence-corrected chi connectivity index (χ4v) is 1.88. The minimum Gasteiger partial charge on any atom is -0.492 e. The van der Waals surface area contributed by atoms with Gasteiger partial charge in [0.25, 0.3) is 5.56 Å². The number of fused-ring (bicyclic) bond motifs is 1. The lowest BCUT2D eigenvalue weighted by molar-refractivity contribution is 0.448. The van der Waals surface area contributed by atoms with Crippen LogP contribution in [-0.4, -0.2) is 25.0 Å². The van der Waals surface area contributed by atoms with Crippen LogP contribution in [0, 0.1) is 0 Å². The minimum atomic E-state index is -0.443. The number of benzene rings is 1. The van der Waals surface area contributed by atoms with Gasteiger partial charge >= 0.3 is 0 Å². The Kier molecular flexibility index (Phi) is 2.75. The molecule has 0 amide bonds. The highest BCUT2D eigenvalue weighted by molar-refractivity contribution is 9.10. The van der Waals surface area contributed by atoms with Gasteiger partial charge in [0.1, 0.15) is 10.3 Å². The zero-order valence-electron chi connectivity index (χ0n) is 9.46. The van der Waals surface area contributed by atoms with E-state index in [1.54, 1.807) is 30.6 Å². The van der Waals surface area contributed by atoms with Gasteiger partial charge < -0.3 is 10.1 Å². The van der Waals surface area contributed by atoms with Crippen LogP contribution in [0.4, 0.5) is 0 Å². The summed E-state index contributed by atoms with van der Waals surface area (Å²) in [4.78, 5) is 26.4. The van der Waals surface area contributed by atoms with Crippen LogP contribution >= 0.6 is 15.9 Å². The third-order valence-corrected chi connectivity index (χ3v) is 3.30. The number of hydrogen-bond acceptors (Lipinski definition) is 5. The second-order valence-corrected chi connectivity index (χ2v) is 4.60. The third-order valence-electron chi connectivity index (χ3n) is 2.59. The quantitative estimate of drug-likeness (QED) is 0.714. The molecule has 0 radical (unpaired) electrons. The molecule has 94 valence electrons. The second kappa shape index (κ2) is 4.43. The van der Waals surface area contributed by atoms with E-state index in [-0.39, 0.29) is 16.2 Å². The summed E-state index contributed by atoms with van der Waals surface area (Å²) in [7, 11) is 0. The number of aromatic hydroxyl groups is 1. The molecule has 7 heteroatoms. The maximum Gasteiger partial charge on any atom is 0.269 e. The summed E-state index contributed by atoms with van der Waals surface area (Å²) in [6.07, 6.45) is 3.19. The Bertz CT molecular complexity index is 831. The molecule has 0 fully saturated rings. The van der Waals surface area contributed by atoms with Crippen molar-refractivity contribution in [2.75, 3.05) is 0 Å². The van der Waals surface area contributed by atoms with E-state index in [4.69, 9.17) is 0 Å². The van der Waals surface area contributed by atoms with Crippen molar-refractivity contribution in [1.29, 1.82) is 0 Å². The van der Waals surface area contributed by atoms with E-state index in [0.29, 0.717) is 11.1 Å². The molecule has 2 heterocycles. The Labute approximate surface area is 115 Å². The Balaban J connectivity index is 2.22. The first kappa shape index (κ1) is 11.8. The summed E-state index contributed by atoms with van der Waals surface area (Å²) in [5, 5.41) is 9.55. The molecular weight excluding hydrogens is 312 g/mol. The highest BCUT2D eigenvalue weighted by Crippen LogP contribution is 2.22. The maximum absolute atomic E-state index is 11.6. The largest absolute Gasteiger partial charge is 0.492 e. The first-order valence-corrected chi connectivity index (χ1v) is 6.14. The fourth-order valence-electron chi connectivity index (χ4n) is 1.69. The first-order valence-electron chi connectivity index (χ1n) is 5.35. The molecule has 3 rings (SSSR count). The number of nitrogens with one attached hydrogen (secondary N) is 1. The van der Waals surface area contributed by atoms with Gasteiger partial charge in [-0.25, -0.2) is 0 Å². The molecule has 0 aliphatic heterocycles. The normalized spacial score (nSPS) is 10.8. The van der Waals surface area contributed by atoms with Gasteiger partial charge in [-0.3, -0.25) is 14.8 Å². The molecular formula is C12H7BrN4O2. The Morgan fingerprint density at radius 2 is 1.89 bits per heavy atom. The van der Waals surface area contributed by atoms with E-state index >= 15 is 0 Å². The van der Waals surface area contributed by atoms with Gasteiger partial charge in [0.05, 0.1) is 11.0 Å². The van der Waals surface area contributed by atoms with Crippen molar-refractivity contribution < 1.29 is 5.11 Å². The van der Waals surface area contributed by atoms with Crippen molar-refractivity contribution in [3.8, 4) is 17.3 Å². The molecule has 19 heavy (non-hydrogen) atoms. The summed E-state index contributed by atoms with van der Waals surface area (Å²) < 4.78 is 0.0110. The summed E-state index contributed by atoms with van der Waals surface area (Å²) in [5.74, 6) is -0.0729. The number of halogens is 1. The van der Waals surface area contributed by atoms with Crippen LogP contribution in [0.5, 0.6) is 5.88 Å². The zero-order chi connectivity index (χ0) is 13.4. The van der Waals surface area contributed by atoms with Crippen LogP contribution in [-0.2, 0) is 0 Å². The number of aromatic nitrogens is 4. The number of rotatable bonds is 1. The SMILES string of the molecule is O=c1[nH]c(-c2ccc3nccnc3c2)nc(O)c1Br. The summed E-state index contributed by atoms with van der Waals surface area (Å²) in [6.45, 7) is 0. The van der Waals surface area contributed by atoms with Crippen molar-refractivity contribution in [3.63, 3.8) is 0 Å². The monoisotopic (exact) mass is 318 g/mol. The molecule has 0 aliphatic carbocycles. The lowest BCUT2D eigenvalue weighted by atomic mass is 10.2. The van der Waals surface area contributed by atoms with Gasteiger partial charge in [0.15, 0.2) is 0 Å². The molecule has 0 saturated heterocycles. The highest BCUT2D eigenvalue weighted by Gasteiger charge is 2.09. The van der Waals surface area contributed by atoms with Crippen LogP contribution in [0.25, 0.3) is 22.4 Å². The molecule has 1 aromatic carbocycles. The summed E-state index contributed by atoms with van der Waals surface area (Å²) in [6, 6.07) is 5.27. The molecule has 0 saturated carbocycles. The zero-order valence-corrected chi connectivity index (χ0v) is 11.0. The van der Waals surface area contributed by atoms with Crippen LogP contribution in [0.15, 0.2) is 39.9 Å². The van der Waals surface area contributed by atoms with Crippen molar-refractivity contribution in [2.45, 2.75) is 0 Å². The predicted molar refractivity (Wildman–Crippen MR) is 72.8 cm³/mol. The van der Waals surface area contributed by atoms with E-state index in [9.17, 15) is 9.90 Å². The molecule has 0 atom stereocenters. The molecule has 0 aliphatic rings. The van der Waals surface area contributed by atoms with Gasteiger partial charge in [-0.1, -0.05) is 0 Å². The smallest absolute Gasteiger partial charge is 0.269 e. The van der Waals surface area contributed by atoms with Crippen LogP contribution in [0.2, 0.25) is 0 Å². The van der Waals surface area contributed by atoms with E-state index in [1.165, 1.54) is 0 Å². The van der Waals surface area contributed by atoms with E-state index in [2.05, 4.69) is 35.9 Å². The Morgan fingerprint density at radius 1 is 1.16 bits per heavy atom. The van der Waals surface area contributed by atoms with Crippen LogP contribution in [0.3, 0.4) is 0 Å². The Hall–Kier alpha value is -2.28. The van der Waals surface area contributed by atoms with Crippen LogP contribution in [0.1, 0.15) is 0 Å². The minimum absolute atomic E-state index is 0.0110. The first-order chi connectivity index (χ1) is 9.15. The fraction of sp³-hybridized carbons (Fsp3) is 0. The van der Waals surface area contributed by atoms with Crippen LogP contribution < -0.4 is 5.56 Å². The number of aromatic amines is 1. The second-order valence-electron chi connectivity index (χ2n) is 3.81. The van der Waals surface area contributed by atoms with Crippen molar-refractivity contribution in [3.05, 3.63) is 45.4 Å². The standard InChI is InChI=1S/C12H7BrN4O2/c13-9-11(18)16-10(17-12(9)19)6-1-2-7-8(5-6)15-4-3-14-7/h1-5H,(H2,16,17,18,19). The molecule has 0 spiro atoms. The van der Waals surface area contributed by atoms with Gasteiger partial charge in [-0.15, -0.1) is 0 Å². The molecule has 2 N–H and O–H groups in total. The summed E-state index contributed by atoms with van der Waals surface area (Å²) >= 11 is 2.95. The highest BCUT2D eigenvalue weighted by atomic mass is 79.9. The van der Waals surface area contributed by atoms with Gasteiger partial charge in [-0.2, -0.15) is 4.98 Å². The summed E-state index contributed by atoms with van der Waals surface area (Å²) in [5.41, 5.74) is 1.63. The van der Waals surface area contributed by atoms with E-state index < -0.39 is 5.56 Å². The van der Waals surface area contributed by atoms with E-state index in [1.807, 2.05) is 0 Å². The van der Waals surface area contributed by atoms with Crippen molar-refractivity contribution in [1.82, 2.24) is 19.9 Å². The van der Waals surface area contributed by atoms with Gasteiger partial charge in [-0.05, 0) is 34.1 Å².